The maximum atomic E-state index is 12.1. The first-order chi connectivity index (χ1) is 11.6. The van der Waals surface area contributed by atoms with E-state index >= 15 is 0 Å². The molecular weight excluding hydrogens is 304 g/mol. The fourth-order valence-corrected chi connectivity index (χ4v) is 2.47. The highest BCUT2D eigenvalue weighted by Gasteiger charge is 2.12. The molecule has 0 aromatic heterocycles. The van der Waals surface area contributed by atoms with Gasteiger partial charge >= 0.3 is 6.03 Å². The number of hydrogen-bond acceptors (Lipinski definition) is 3. The molecule has 0 saturated carbocycles. The largest absolute Gasteiger partial charge is 0.396 e. The quantitative estimate of drug-likeness (QED) is 0.684. The van der Waals surface area contributed by atoms with Gasteiger partial charge in [0.2, 0.25) is 0 Å². The number of rotatable bonds is 7. The van der Waals surface area contributed by atoms with Gasteiger partial charge in [-0.15, -0.1) is 0 Å². The van der Waals surface area contributed by atoms with Crippen LogP contribution in [0.25, 0.3) is 0 Å². The average molecular weight is 326 g/mol. The normalized spacial score (nSPS) is 11.6. The topological polar surface area (TPSA) is 78.4 Å². The number of aliphatic hydroxyl groups excluding tert-OH is 1. The van der Waals surface area contributed by atoms with Crippen molar-refractivity contribution in [2.75, 3.05) is 18.5 Å². The van der Waals surface area contributed by atoms with Gasteiger partial charge in [-0.05, 0) is 31.0 Å². The summed E-state index contributed by atoms with van der Waals surface area (Å²) in [5.41, 5.74) is 2.19. The molecule has 3 N–H and O–H groups in total. The van der Waals surface area contributed by atoms with Crippen LogP contribution in [-0.4, -0.2) is 30.1 Å². The van der Waals surface area contributed by atoms with E-state index in [1.165, 1.54) is 6.92 Å². The molecule has 5 heteroatoms. The molecule has 2 amide bonds. The van der Waals surface area contributed by atoms with Crippen molar-refractivity contribution in [3.8, 4) is 0 Å². The van der Waals surface area contributed by atoms with Crippen LogP contribution in [0.4, 0.5) is 10.5 Å². The third-order valence-corrected chi connectivity index (χ3v) is 3.78. The van der Waals surface area contributed by atoms with Crippen LogP contribution in [0.1, 0.15) is 35.2 Å². The fraction of sp³-hybridized carbons (Fsp3) is 0.263. The number of anilines is 1. The number of urea groups is 1. The highest BCUT2D eigenvalue weighted by atomic mass is 16.3. The van der Waals surface area contributed by atoms with Gasteiger partial charge < -0.3 is 15.7 Å². The first-order valence-electron chi connectivity index (χ1n) is 7.92. The highest BCUT2D eigenvalue weighted by Crippen LogP contribution is 2.18. The number of Topliss-reactive ketones (excluding diaryl/α,β-unsaturated/α-hetero) is 1. The van der Waals surface area contributed by atoms with Crippen LogP contribution in [0, 0.1) is 0 Å². The molecule has 0 aliphatic rings. The number of amides is 2. The van der Waals surface area contributed by atoms with E-state index in [0.717, 1.165) is 5.56 Å². The molecule has 0 bridgehead atoms. The standard InChI is InChI=1S/C19H22N2O3/c1-14(23)16-8-5-9-18(12-16)21-19(24)20-13-17(10-11-22)15-6-3-2-4-7-15/h2-9,12,17,22H,10-11,13H2,1H3,(H2,20,21,24)/t17-/m0/s1. The Balaban J connectivity index is 1.94. The van der Waals surface area contributed by atoms with Gasteiger partial charge in [0, 0.05) is 30.3 Å². The summed E-state index contributed by atoms with van der Waals surface area (Å²) in [6.07, 6.45) is 0.574. The van der Waals surface area contributed by atoms with Gasteiger partial charge in [-0.3, -0.25) is 4.79 Å². The van der Waals surface area contributed by atoms with Gasteiger partial charge in [0.05, 0.1) is 0 Å². The lowest BCUT2D eigenvalue weighted by Gasteiger charge is -2.17. The summed E-state index contributed by atoms with van der Waals surface area (Å²) < 4.78 is 0. The molecule has 24 heavy (non-hydrogen) atoms. The summed E-state index contributed by atoms with van der Waals surface area (Å²) in [6.45, 7) is 1.96. The van der Waals surface area contributed by atoms with E-state index in [1.807, 2.05) is 30.3 Å². The third-order valence-electron chi connectivity index (χ3n) is 3.78. The lowest BCUT2D eigenvalue weighted by Crippen LogP contribution is -2.32. The molecule has 0 fully saturated rings. The van der Waals surface area contributed by atoms with Gasteiger partial charge in [0.15, 0.2) is 5.78 Å². The van der Waals surface area contributed by atoms with Crippen molar-refractivity contribution in [3.63, 3.8) is 0 Å². The second kappa shape index (κ2) is 8.84. The highest BCUT2D eigenvalue weighted by molar-refractivity contribution is 5.96. The van der Waals surface area contributed by atoms with E-state index < -0.39 is 0 Å². The molecule has 0 heterocycles. The number of carbonyl (C=O) groups is 2. The Morgan fingerprint density at radius 3 is 2.50 bits per heavy atom. The Bertz CT molecular complexity index is 686. The Labute approximate surface area is 141 Å². The molecule has 2 aromatic rings. The zero-order chi connectivity index (χ0) is 17.4. The van der Waals surface area contributed by atoms with Crippen LogP contribution >= 0.6 is 0 Å². The van der Waals surface area contributed by atoms with Gasteiger partial charge in [0.1, 0.15) is 0 Å². The molecule has 0 radical (unpaired) electrons. The maximum absolute atomic E-state index is 12.1. The fourth-order valence-electron chi connectivity index (χ4n) is 2.47. The first-order valence-corrected chi connectivity index (χ1v) is 7.92. The lowest BCUT2D eigenvalue weighted by molar-refractivity contribution is 0.101. The van der Waals surface area contributed by atoms with Crippen LogP contribution in [0.15, 0.2) is 54.6 Å². The van der Waals surface area contributed by atoms with Gasteiger partial charge in [-0.2, -0.15) is 0 Å². The summed E-state index contributed by atoms with van der Waals surface area (Å²) >= 11 is 0. The molecular formula is C19H22N2O3. The van der Waals surface area contributed by atoms with Crippen molar-refractivity contribution in [2.45, 2.75) is 19.3 Å². The average Bonchev–Trinajstić information content (AvgIpc) is 2.59. The van der Waals surface area contributed by atoms with Gasteiger partial charge in [0.25, 0.3) is 0 Å². The summed E-state index contributed by atoms with van der Waals surface area (Å²) in [7, 11) is 0. The van der Waals surface area contributed by atoms with Gasteiger partial charge in [-0.25, -0.2) is 4.79 Å². The molecule has 0 saturated heterocycles. The van der Waals surface area contributed by atoms with Crippen LogP contribution in [-0.2, 0) is 0 Å². The Morgan fingerprint density at radius 1 is 1.08 bits per heavy atom. The Morgan fingerprint density at radius 2 is 1.83 bits per heavy atom. The zero-order valence-electron chi connectivity index (χ0n) is 13.7. The van der Waals surface area contributed by atoms with E-state index in [1.54, 1.807) is 24.3 Å². The first kappa shape index (κ1) is 17.7. The van der Waals surface area contributed by atoms with E-state index in [2.05, 4.69) is 10.6 Å². The van der Waals surface area contributed by atoms with Crippen LogP contribution < -0.4 is 10.6 Å². The van der Waals surface area contributed by atoms with Crippen molar-refractivity contribution in [3.05, 3.63) is 65.7 Å². The molecule has 2 rings (SSSR count). The predicted molar refractivity (Wildman–Crippen MR) is 94.4 cm³/mol. The number of hydrogen-bond donors (Lipinski definition) is 3. The molecule has 1 atom stereocenters. The lowest BCUT2D eigenvalue weighted by atomic mass is 9.96. The number of aliphatic hydroxyl groups is 1. The second-order valence-corrected chi connectivity index (χ2v) is 5.59. The summed E-state index contributed by atoms with van der Waals surface area (Å²) in [4.78, 5) is 23.4. The number of ketones is 1. The molecule has 2 aromatic carbocycles. The van der Waals surface area contributed by atoms with Crippen molar-refractivity contribution in [1.29, 1.82) is 0 Å². The monoisotopic (exact) mass is 326 g/mol. The number of carbonyl (C=O) groups excluding carboxylic acids is 2. The van der Waals surface area contributed by atoms with E-state index in [4.69, 9.17) is 0 Å². The molecule has 0 aliphatic carbocycles. The summed E-state index contributed by atoms with van der Waals surface area (Å²) in [5, 5.41) is 14.8. The van der Waals surface area contributed by atoms with E-state index in [0.29, 0.717) is 24.2 Å². The number of nitrogens with one attached hydrogen (secondary N) is 2. The molecule has 5 nitrogen and oxygen atoms in total. The van der Waals surface area contributed by atoms with Crippen molar-refractivity contribution in [2.24, 2.45) is 0 Å². The predicted octanol–water partition coefficient (Wildman–Crippen LogP) is 3.18. The van der Waals surface area contributed by atoms with E-state index in [9.17, 15) is 14.7 Å². The van der Waals surface area contributed by atoms with Crippen molar-refractivity contribution < 1.29 is 14.7 Å². The third kappa shape index (κ3) is 5.21. The van der Waals surface area contributed by atoms with E-state index in [-0.39, 0.29) is 24.3 Å². The van der Waals surface area contributed by atoms with Crippen LogP contribution in [0.3, 0.4) is 0 Å². The summed E-state index contributed by atoms with van der Waals surface area (Å²) in [5.74, 6) is -0.00310. The minimum atomic E-state index is -0.338. The van der Waals surface area contributed by atoms with Crippen LogP contribution in [0.5, 0.6) is 0 Å². The Kier molecular flexibility index (Phi) is 6.51. The van der Waals surface area contributed by atoms with Crippen molar-refractivity contribution in [1.82, 2.24) is 5.32 Å². The molecule has 0 unspecified atom stereocenters. The second-order valence-electron chi connectivity index (χ2n) is 5.59. The Hall–Kier alpha value is -2.66. The minimum Gasteiger partial charge on any atom is -0.396 e. The molecule has 126 valence electrons. The molecule has 0 spiro atoms. The smallest absolute Gasteiger partial charge is 0.319 e. The summed E-state index contributed by atoms with van der Waals surface area (Å²) in [6, 6.07) is 16.2. The SMILES string of the molecule is CC(=O)c1cccc(NC(=O)NC[C@H](CCO)c2ccccc2)c1. The van der Waals surface area contributed by atoms with Crippen LogP contribution in [0.2, 0.25) is 0 Å². The van der Waals surface area contributed by atoms with Gasteiger partial charge in [-0.1, -0.05) is 42.5 Å². The minimum absolute atomic E-state index is 0.0468. The maximum Gasteiger partial charge on any atom is 0.319 e. The molecule has 0 aliphatic heterocycles. The van der Waals surface area contributed by atoms with Crippen molar-refractivity contribution >= 4 is 17.5 Å². The number of benzene rings is 2. The zero-order valence-corrected chi connectivity index (χ0v) is 13.7.